The van der Waals surface area contributed by atoms with Crippen LogP contribution in [0.25, 0.3) is 5.69 Å². The van der Waals surface area contributed by atoms with Crippen molar-refractivity contribution in [3.63, 3.8) is 0 Å². The van der Waals surface area contributed by atoms with Gasteiger partial charge in [-0.25, -0.2) is 4.68 Å². The molecule has 0 spiro atoms. The Labute approximate surface area is 154 Å². The lowest BCUT2D eigenvalue weighted by molar-refractivity contribution is -0.117. The van der Waals surface area contributed by atoms with Crippen LogP contribution in [0.15, 0.2) is 60.9 Å². The van der Waals surface area contributed by atoms with Crippen molar-refractivity contribution in [1.29, 1.82) is 0 Å². The molecule has 26 heavy (non-hydrogen) atoms. The number of hydrogen-bond donors (Lipinski definition) is 1. The van der Waals surface area contributed by atoms with Crippen LogP contribution in [0, 0.1) is 13.8 Å². The van der Waals surface area contributed by atoms with E-state index in [4.69, 9.17) is 0 Å². The number of amides is 1. The Morgan fingerprint density at radius 2 is 1.92 bits per heavy atom. The Balaban J connectivity index is 1.56. The van der Waals surface area contributed by atoms with Crippen LogP contribution in [0.2, 0.25) is 0 Å². The number of aromatic nitrogens is 2. The highest BCUT2D eigenvalue weighted by molar-refractivity contribution is 5.92. The Morgan fingerprint density at radius 1 is 1.15 bits per heavy atom. The molecule has 1 amide bonds. The van der Waals surface area contributed by atoms with Gasteiger partial charge in [0.2, 0.25) is 5.91 Å². The molecule has 3 aromatic rings. The van der Waals surface area contributed by atoms with Gasteiger partial charge in [0, 0.05) is 24.0 Å². The average Bonchev–Trinajstić information content (AvgIpc) is 3.06. The molecule has 0 radical (unpaired) electrons. The molecule has 0 atom stereocenters. The van der Waals surface area contributed by atoms with Crippen molar-refractivity contribution in [2.45, 2.75) is 20.4 Å². The monoisotopic (exact) mass is 348 g/mol. The first-order chi connectivity index (χ1) is 12.5. The average molecular weight is 348 g/mol. The normalized spacial score (nSPS) is 10.9. The third-order valence-electron chi connectivity index (χ3n) is 4.18. The molecule has 0 unspecified atom stereocenters. The van der Waals surface area contributed by atoms with E-state index in [9.17, 15) is 4.79 Å². The van der Waals surface area contributed by atoms with Gasteiger partial charge in [-0.2, -0.15) is 5.10 Å². The minimum atomic E-state index is -0.0186. The molecule has 1 aromatic heterocycles. The molecule has 3 rings (SSSR count). The minimum Gasteiger partial charge on any atom is -0.325 e. The lowest BCUT2D eigenvalue weighted by atomic mass is 10.1. The maximum atomic E-state index is 12.3. The predicted octanol–water partition coefficient (Wildman–Crippen LogP) is 3.56. The zero-order valence-corrected chi connectivity index (χ0v) is 15.4. The van der Waals surface area contributed by atoms with E-state index in [1.54, 1.807) is 0 Å². The van der Waals surface area contributed by atoms with Crippen molar-refractivity contribution >= 4 is 11.6 Å². The highest BCUT2D eigenvalue weighted by Gasteiger charge is 2.10. The summed E-state index contributed by atoms with van der Waals surface area (Å²) in [6.07, 6.45) is 3.83. The first-order valence-corrected chi connectivity index (χ1v) is 8.66. The van der Waals surface area contributed by atoms with Gasteiger partial charge in [0.15, 0.2) is 0 Å². The molecule has 0 fully saturated rings. The number of benzene rings is 2. The Bertz CT molecular complexity index is 886. The number of rotatable bonds is 6. The van der Waals surface area contributed by atoms with Gasteiger partial charge in [-0.15, -0.1) is 0 Å². The van der Waals surface area contributed by atoms with E-state index in [1.807, 2.05) is 85.3 Å². The van der Waals surface area contributed by atoms with E-state index in [1.165, 1.54) is 5.56 Å². The van der Waals surface area contributed by atoms with Crippen LogP contribution in [0.1, 0.15) is 16.7 Å². The van der Waals surface area contributed by atoms with Crippen LogP contribution < -0.4 is 5.32 Å². The number of anilines is 1. The number of likely N-dealkylation sites (N-methyl/N-ethyl adjacent to an activating group) is 1. The number of hydrogen-bond acceptors (Lipinski definition) is 3. The van der Waals surface area contributed by atoms with Gasteiger partial charge in [-0.05, 0) is 44.7 Å². The summed E-state index contributed by atoms with van der Waals surface area (Å²) in [5.74, 6) is -0.0186. The van der Waals surface area contributed by atoms with E-state index in [0.717, 1.165) is 22.5 Å². The second-order valence-corrected chi connectivity index (χ2v) is 6.67. The molecule has 134 valence electrons. The quantitative estimate of drug-likeness (QED) is 0.741. The topological polar surface area (TPSA) is 50.2 Å². The van der Waals surface area contributed by atoms with Crippen molar-refractivity contribution in [1.82, 2.24) is 14.7 Å². The number of para-hydroxylation sites is 1. The first-order valence-electron chi connectivity index (χ1n) is 8.66. The molecular formula is C21H24N4O. The van der Waals surface area contributed by atoms with Crippen LogP contribution in [0.5, 0.6) is 0 Å². The zero-order valence-electron chi connectivity index (χ0n) is 15.4. The maximum absolute atomic E-state index is 12.3. The van der Waals surface area contributed by atoms with Crippen molar-refractivity contribution < 1.29 is 4.79 Å². The summed E-state index contributed by atoms with van der Waals surface area (Å²) in [5.41, 5.74) is 5.22. The molecule has 5 heteroatoms. The number of nitrogens with one attached hydrogen (secondary N) is 1. The van der Waals surface area contributed by atoms with Crippen molar-refractivity contribution in [2.24, 2.45) is 0 Å². The zero-order chi connectivity index (χ0) is 18.5. The van der Waals surface area contributed by atoms with Gasteiger partial charge in [-0.3, -0.25) is 9.69 Å². The van der Waals surface area contributed by atoms with Crippen LogP contribution in [0.4, 0.5) is 5.69 Å². The van der Waals surface area contributed by atoms with Gasteiger partial charge < -0.3 is 5.32 Å². The second-order valence-electron chi connectivity index (χ2n) is 6.67. The highest BCUT2D eigenvalue weighted by atomic mass is 16.2. The Hall–Kier alpha value is -2.92. The van der Waals surface area contributed by atoms with E-state index in [2.05, 4.69) is 16.5 Å². The number of carbonyl (C=O) groups is 1. The predicted molar refractivity (Wildman–Crippen MR) is 104 cm³/mol. The molecule has 0 saturated heterocycles. The smallest absolute Gasteiger partial charge is 0.238 e. The summed E-state index contributed by atoms with van der Waals surface area (Å²) in [4.78, 5) is 14.3. The van der Waals surface area contributed by atoms with Crippen molar-refractivity contribution in [3.8, 4) is 5.69 Å². The molecule has 0 saturated carbocycles. The number of aryl methyl sites for hydroxylation is 2. The van der Waals surface area contributed by atoms with Gasteiger partial charge in [0.05, 0.1) is 18.4 Å². The van der Waals surface area contributed by atoms with Crippen LogP contribution in [0.3, 0.4) is 0 Å². The summed E-state index contributed by atoms with van der Waals surface area (Å²) in [7, 11) is 1.93. The fourth-order valence-electron chi connectivity index (χ4n) is 2.92. The van der Waals surface area contributed by atoms with Gasteiger partial charge in [0.1, 0.15) is 0 Å². The largest absolute Gasteiger partial charge is 0.325 e. The third kappa shape index (κ3) is 4.58. The molecule has 0 aliphatic heterocycles. The van der Waals surface area contributed by atoms with E-state index < -0.39 is 0 Å². The fraction of sp³-hybridized carbons (Fsp3) is 0.238. The summed E-state index contributed by atoms with van der Waals surface area (Å²) in [5, 5.41) is 7.38. The maximum Gasteiger partial charge on any atom is 0.238 e. The van der Waals surface area contributed by atoms with Crippen LogP contribution >= 0.6 is 0 Å². The molecular weight excluding hydrogens is 324 g/mol. The second kappa shape index (κ2) is 7.97. The van der Waals surface area contributed by atoms with Gasteiger partial charge >= 0.3 is 0 Å². The minimum absolute atomic E-state index is 0.0186. The SMILES string of the molecule is Cc1ccc(NC(=O)CN(C)Cc2cnn(-c3ccccc3)c2)c(C)c1. The van der Waals surface area contributed by atoms with Crippen molar-refractivity contribution in [3.05, 3.63) is 77.6 Å². The van der Waals surface area contributed by atoms with Gasteiger partial charge in [0.25, 0.3) is 0 Å². The van der Waals surface area contributed by atoms with E-state index >= 15 is 0 Å². The Morgan fingerprint density at radius 3 is 2.65 bits per heavy atom. The molecule has 0 aliphatic carbocycles. The molecule has 1 N–H and O–H groups in total. The summed E-state index contributed by atoms with van der Waals surface area (Å²) < 4.78 is 1.85. The first kappa shape index (κ1) is 17.9. The van der Waals surface area contributed by atoms with Crippen LogP contribution in [-0.4, -0.2) is 34.2 Å². The summed E-state index contributed by atoms with van der Waals surface area (Å²) >= 11 is 0. The molecule has 1 heterocycles. The highest BCUT2D eigenvalue weighted by Crippen LogP contribution is 2.16. The van der Waals surface area contributed by atoms with E-state index in [-0.39, 0.29) is 5.91 Å². The Kier molecular flexibility index (Phi) is 5.49. The fourth-order valence-corrected chi connectivity index (χ4v) is 2.92. The lowest BCUT2D eigenvalue weighted by Gasteiger charge is -2.16. The lowest BCUT2D eigenvalue weighted by Crippen LogP contribution is -2.29. The standard InChI is InChI=1S/C21H24N4O/c1-16-9-10-20(17(2)11-16)23-21(26)15-24(3)13-18-12-22-25(14-18)19-7-5-4-6-8-19/h4-12,14H,13,15H2,1-3H3,(H,23,26). The molecule has 2 aromatic carbocycles. The summed E-state index contributed by atoms with van der Waals surface area (Å²) in [6, 6.07) is 16.0. The molecule has 0 aliphatic rings. The van der Waals surface area contributed by atoms with Crippen LogP contribution in [-0.2, 0) is 11.3 Å². The van der Waals surface area contributed by atoms with E-state index in [0.29, 0.717) is 13.1 Å². The molecule has 0 bridgehead atoms. The number of carbonyl (C=O) groups excluding carboxylic acids is 1. The van der Waals surface area contributed by atoms with Gasteiger partial charge in [-0.1, -0.05) is 35.9 Å². The summed E-state index contributed by atoms with van der Waals surface area (Å²) in [6.45, 7) is 5.03. The molecule has 5 nitrogen and oxygen atoms in total. The number of nitrogens with zero attached hydrogens (tertiary/aromatic N) is 3. The third-order valence-corrected chi connectivity index (χ3v) is 4.18. The van der Waals surface area contributed by atoms with Crippen molar-refractivity contribution in [2.75, 3.05) is 18.9 Å².